The Labute approximate surface area is 179 Å². The van der Waals surface area contributed by atoms with Crippen molar-refractivity contribution in [2.24, 2.45) is 0 Å². The number of hydrogen-bond acceptors (Lipinski definition) is 5. The number of thiazole rings is 1. The molecule has 3 aromatic rings. The van der Waals surface area contributed by atoms with Crippen LogP contribution in [0.4, 0.5) is 18.9 Å². The lowest BCUT2D eigenvalue weighted by Crippen LogP contribution is -2.14. The lowest BCUT2D eigenvalue weighted by Gasteiger charge is -2.13. The maximum absolute atomic E-state index is 13.1. The van der Waals surface area contributed by atoms with Gasteiger partial charge < -0.3 is 5.11 Å². The largest absolute Gasteiger partial charge is 0.481 e. The van der Waals surface area contributed by atoms with E-state index >= 15 is 0 Å². The molecule has 0 saturated heterocycles. The summed E-state index contributed by atoms with van der Waals surface area (Å²) in [5.41, 5.74) is -0.713. The number of nitrogens with one attached hydrogen (secondary N) is 1. The number of hydrogen-bond donors (Lipinski definition) is 2. The highest BCUT2D eigenvalue weighted by molar-refractivity contribution is 7.92. The molecule has 2 N–H and O–H groups in total. The van der Waals surface area contributed by atoms with Crippen LogP contribution in [0.1, 0.15) is 29.0 Å². The zero-order chi connectivity index (χ0) is 22.8. The second kappa shape index (κ2) is 8.56. The molecule has 0 bridgehead atoms. The van der Waals surface area contributed by atoms with E-state index in [1.54, 1.807) is 13.0 Å². The summed E-state index contributed by atoms with van der Waals surface area (Å²) in [6.07, 6.45) is -5.04. The van der Waals surface area contributed by atoms with Gasteiger partial charge in [-0.1, -0.05) is 11.8 Å². The smallest absolute Gasteiger partial charge is 0.416 e. The number of anilines is 1. The highest BCUT2D eigenvalue weighted by atomic mass is 32.2. The van der Waals surface area contributed by atoms with Gasteiger partial charge in [0.15, 0.2) is 0 Å². The lowest BCUT2D eigenvalue weighted by atomic mass is 10.1. The van der Waals surface area contributed by atoms with Crippen LogP contribution >= 0.6 is 11.3 Å². The van der Waals surface area contributed by atoms with Crippen LogP contribution in [0.3, 0.4) is 0 Å². The molecule has 0 amide bonds. The molecule has 1 heterocycles. The highest BCUT2D eigenvalue weighted by Gasteiger charge is 2.31. The summed E-state index contributed by atoms with van der Waals surface area (Å²) in [6.45, 7) is 1.79. The van der Waals surface area contributed by atoms with Crippen molar-refractivity contribution in [3.63, 3.8) is 0 Å². The molecular formula is C20H15F3N2O4S2. The first-order valence-corrected chi connectivity index (χ1v) is 11.1. The van der Waals surface area contributed by atoms with Gasteiger partial charge in [-0.05, 0) is 43.3 Å². The first-order valence-electron chi connectivity index (χ1n) is 8.77. The topological polar surface area (TPSA) is 96.4 Å². The molecule has 6 nitrogen and oxygen atoms in total. The fourth-order valence-corrected chi connectivity index (χ4v) is 4.68. The van der Waals surface area contributed by atoms with Crippen LogP contribution in [0.5, 0.6) is 0 Å². The number of aryl methyl sites for hydroxylation is 1. The summed E-state index contributed by atoms with van der Waals surface area (Å²) in [5.74, 6) is 3.80. The number of nitrogens with zero attached hydrogens (tertiary/aromatic N) is 1. The average molecular weight is 468 g/mol. The maximum atomic E-state index is 13.1. The summed E-state index contributed by atoms with van der Waals surface area (Å²) in [5, 5.41) is 9.42. The molecule has 0 radical (unpaired) electrons. The standard InChI is InChI=1S/C20H15F3N2O4S2/c1-12-24-17-9-7-15(11-18(17)30-12)31(28,29)25-16-8-6-14(20(21,22)23)10-13(16)4-2-3-5-19(26)27/h6-11,25H,3,5H2,1H3,(H,26,27). The molecule has 0 unspecified atom stereocenters. The van der Waals surface area contributed by atoms with Gasteiger partial charge in [-0.3, -0.25) is 9.52 Å². The summed E-state index contributed by atoms with van der Waals surface area (Å²) in [7, 11) is -4.12. The SMILES string of the molecule is Cc1nc2ccc(S(=O)(=O)Nc3ccc(C(F)(F)F)cc3C#CCCC(=O)O)cc2s1. The number of aliphatic carboxylic acids is 1. The fraction of sp³-hybridized carbons (Fsp3) is 0.200. The van der Waals surface area contributed by atoms with Crippen molar-refractivity contribution < 1.29 is 31.5 Å². The molecule has 0 aliphatic carbocycles. The van der Waals surface area contributed by atoms with E-state index in [9.17, 15) is 26.4 Å². The van der Waals surface area contributed by atoms with Crippen LogP contribution in [0.25, 0.3) is 10.2 Å². The van der Waals surface area contributed by atoms with Gasteiger partial charge in [0.2, 0.25) is 0 Å². The Hall–Kier alpha value is -3.10. The van der Waals surface area contributed by atoms with Crippen molar-refractivity contribution in [1.82, 2.24) is 4.98 Å². The molecule has 0 spiro atoms. The maximum Gasteiger partial charge on any atom is 0.416 e. The van der Waals surface area contributed by atoms with Crippen LogP contribution in [0, 0.1) is 18.8 Å². The molecule has 0 aliphatic rings. The van der Waals surface area contributed by atoms with E-state index in [1.807, 2.05) is 0 Å². The first kappa shape index (κ1) is 22.6. The van der Waals surface area contributed by atoms with Crippen molar-refractivity contribution >= 4 is 43.2 Å². The summed E-state index contributed by atoms with van der Waals surface area (Å²) in [6, 6.07) is 6.79. The number of aromatic nitrogens is 1. The van der Waals surface area contributed by atoms with E-state index in [1.165, 1.54) is 23.5 Å². The van der Waals surface area contributed by atoms with Gasteiger partial charge in [-0.25, -0.2) is 13.4 Å². The number of benzene rings is 2. The number of halogens is 3. The number of fused-ring (bicyclic) bond motifs is 1. The lowest BCUT2D eigenvalue weighted by molar-refractivity contribution is -0.138. The molecular weight excluding hydrogens is 453 g/mol. The Morgan fingerprint density at radius 3 is 2.65 bits per heavy atom. The third-order valence-electron chi connectivity index (χ3n) is 4.06. The summed E-state index contributed by atoms with van der Waals surface area (Å²) >= 11 is 1.31. The van der Waals surface area contributed by atoms with Gasteiger partial charge in [-0.2, -0.15) is 13.2 Å². The minimum atomic E-state index is -4.65. The van der Waals surface area contributed by atoms with Crippen molar-refractivity contribution in [2.75, 3.05) is 4.72 Å². The zero-order valence-corrected chi connectivity index (χ0v) is 17.6. The van der Waals surface area contributed by atoms with Crippen LogP contribution < -0.4 is 4.72 Å². The van der Waals surface area contributed by atoms with Crippen molar-refractivity contribution in [3.8, 4) is 11.8 Å². The van der Waals surface area contributed by atoms with Gasteiger partial charge in [0.1, 0.15) is 0 Å². The molecule has 0 fully saturated rings. The Balaban J connectivity index is 1.98. The number of carboxylic acid groups (broad SMARTS) is 1. The molecule has 0 aliphatic heterocycles. The molecule has 11 heteroatoms. The molecule has 31 heavy (non-hydrogen) atoms. The van der Waals surface area contributed by atoms with Crippen LogP contribution in [-0.4, -0.2) is 24.5 Å². The van der Waals surface area contributed by atoms with Crippen molar-refractivity contribution in [3.05, 3.63) is 52.5 Å². The predicted octanol–water partition coefficient (Wildman–Crippen LogP) is 4.64. The molecule has 3 rings (SSSR count). The minimum Gasteiger partial charge on any atom is -0.481 e. The summed E-state index contributed by atoms with van der Waals surface area (Å²) < 4.78 is 67.8. The van der Waals surface area contributed by atoms with Gasteiger partial charge in [0.25, 0.3) is 10.0 Å². The van der Waals surface area contributed by atoms with Gasteiger partial charge >= 0.3 is 12.1 Å². The quantitative estimate of drug-likeness (QED) is 0.532. The van der Waals surface area contributed by atoms with E-state index in [0.29, 0.717) is 10.2 Å². The number of carbonyl (C=O) groups is 1. The van der Waals surface area contributed by atoms with Crippen molar-refractivity contribution in [2.45, 2.75) is 30.8 Å². The van der Waals surface area contributed by atoms with E-state index in [-0.39, 0.29) is 29.0 Å². The third-order valence-corrected chi connectivity index (χ3v) is 6.35. The normalized spacial score (nSPS) is 11.7. The molecule has 0 saturated carbocycles. The number of sulfonamides is 1. The second-order valence-corrected chi connectivity index (χ2v) is 9.34. The molecule has 2 aromatic carbocycles. The second-order valence-electron chi connectivity index (χ2n) is 6.42. The van der Waals surface area contributed by atoms with Gasteiger partial charge in [0.05, 0.1) is 37.8 Å². The Bertz CT molecular complexity index is 1320. The van der Waals surface area contributed by atoms with E-state index in [2.05, 4.69) is 21.5 Å². The van der Waals surface area contributed by atoms with Crippen LogP contribution in [0.2, 0.25) is 0 Å². The Morgan fingerprint density at radius 1 is 1.23 bits per heavy atom. The monoisotopic (exact) mass is 468 g/mol. The number of carboxylic acids is 1. The molecule has 0 atom stereocenters. The Morgan fingerprint density at radius 2 is 1.97 bits per heavy atom. The predicted molar refractivity (Wildman–Crippen MR) is 110 cm³/mol. The average Bonchev–Trinajstić information content (AvgIpc) is 3.04. The molecule has 1 aromatic heterocycles. The molecule has 162 valence electrons. The number of rotatable bonds is 5. The highest BCUT2D eigenvalue weighted by Crippen LogP contribution is 2.32. The minimum absolute atomic E-state index is 0.0756. The van der Waals surface area contributed by atoms with Crippen LogP contribution in [0.15, 0.2) is 41.3 Å². The third kappa shape index (κ3) is 5.53. The number of alkyl halides is 3. The van der Waals surface area contributed by atoms with E-state index in [0.717, 1.165) is 23.2 Å². The van der Waals surface area contributed by atoms with Crippen LogP contribution in [-0.2, 0) is 21.0 Å². The van der Waals surface area contributed by atoms with Gasteiger partial charge in [0, 0.05) is 12.0 Å². The first-order chi connectivity index (χ1) is 14.5. The van der Waals surface area contributed by atoms with Crippen molar-refractivity contribution in [1.29, 1.82) is 0 Å². The Kier molecular flexibility index (Phi) is 6.24. The summed E-state index contributed by atoms with van der Waals surface area (Å²) in [4.78, 5) is 14.8. The van der Waals surface area contributed by atoms with E-state index in [4.69, 9.17) is 5.11 Å². The fourth-order valence-electron chi connectivity index (χ4n) is 2.63. The zero-order valence-electron chi connectivity index (χ0n) is 15.9. The van der Waals surface area contributed by atoms with Gasteiger partial charge in [-0.15, -0.1) is 11.3 Å². The van der Waals surface area contributed by atoms with E-state index < -0.39 is 27.7 Å².